The molecule has 2 aromatic heterocycles. The van der Waals surface area contributed by atoms with Gasteiger partial charge in [-0.15, -0.1) is 22.7 Å². The van der Waals surface area contributed by atoms with Gasteiger partial charge in [-0.3, -0.25) is 0 Å². The second-order valence-electron chi connectivity index (χ2n) is 2.94. The van der Waals surface area contributed by atoms with E-state index in [0.717, 1.165) is 21.4 Å². The smallest absolute Gasteiger partial charge is 0.182 e. The SMILES string of the molecule is CNc1nc(-c2sc(CF)nc2C)cs1. The van der Waals surface area contributed by atoms with Crippen molar-refractivity contribution < 1.29 is 4.39 Å². The van der Waals surface area contributed by atoms with E-state index in [1.165, 1.54) is 22.7 Å². The standard InChI is InChI=1S/C9H10FN3S2/c1-5-8(15-7(3-10)12-5)6-4-14-9(11-2)13-6/h4H,3H2,1-2H3,(H,11,13). The molecule has 2 heterocycles. The summed E-state index contributed by atoms with van der Waals surface area (Å²) in [5.41, 5.74) is 1.72. The molecule has 3 nitrogen and oxygen atoms in total. The summed E-state index contributed by atoms with van der Waals surface area (Å²) in [5, 5.41) is 6.30. The van der Waals surface area contributed by atoms with Crippen molar-refractivity contribution in [3.8, 4) is 10.6 Å². The van der Waals surface area contributed by atoms with Gasteiger partial charge in [0.05, 0.1) is 16.3 Å². The van der Waals surface area contributed by atoms with Crippen molar-refractivity contribution in [3.63, 3.8) is 0 Å². The molecule has 0 aliphatic carbocycles. The molecule has 0 unspecified atom stereocenters. The van der Waals surface area contributed by atoms with E-state index in [9.17, 15) is 4.39 Å². The number of hydrogen-bond acceptors (Lipinski definition) is 5. The number of rotatable bonds is 3. The predicted molar refractivity (Wildman–Crippen MR) is 62.3 cm³/mol. The van der Waals surface area contributed by atoms with E-state index < -0.39 is 6.67 Å². The zero-order chi connectivity index (χ0) is 10.8. The molecule has 80 valence electrons. The van der Waals surface area contributed by atoms with Crippen molar-refractivity contribution >= 4 is 27.8 Å². The predicted octanol–water partition coefficient (Wildman–Crippen LogP) is 3.09. The Morgan fingerprint density at radius 3 is 2.80 bits per heavy atom. The van der Waals surface area contributed by atoms with Crippen molar-refractivity contribution in [3.05, 3.63) is 16.1 Å². The summed E-state index contributed by atoms with van der Waals surface area (Å²) in [6.07, 6.45) is 0. The van der Waals surface area contributed by atoms with Crippen LogP contribution in [0.2, 0.25) is 0 Å². The van der Waals surface area contributed by atoms with Gasteiger partial charge in [0.2, 0.25) is 0 Å². The van der Waals surface area contributed by atoms with Crippen molar-refractivity contribution in [2.24, 2.45) is 0 Å². The van der Waals surface area contributed by atoms with Crippen LogP contribution in [0.5, 0.6) is 0 Å². The molecule has 0 fully saturated rings. The molecule has 0 aliphatic rings. The normalized spacial score (nSPS) is 10.6. The third-order valence-electron chi connectivity index (χ3n) is 1.91. The first-order chi connectivity index (χ1) is 7.24. The molecule has 2 rings (SSSR count). The number of halogens is 1. The Kier molecular flexibility index (Phi) is 2.97. The first kappa shape index (κ1) is 10.5. The first-order valence-electron chi connectivity index (χ1n) is 4.40. The van der Waals surface area contributed by atoms with Crippen LogP contribution in [0.15, 0.2) is 5.38 Å². The fraction of sp³-hybridized carbons (Fsp3) is 0.333. The van der Waals surface area contributed by atoms with Gasteiger partial charge in [0.15, 0.2) is 5.13 Å². The van der Waals surface area contributed by atoms with Crippen molar-refractivity contribution in [1.29, 1.82) is 0 Å². The maximum absolute atomic E-state index is 12.4. The molecule has 0 atom stereocenters. The van der Waals surface area contributed by atoms with Gasteiger partial charge in [-0.1, -0.05) is 0 Å². The summed E-state index contributed by atoms with van der Waals surface area (Å²) in [6, 6.07) is 0. The van der Waals surface area contributed by atoms with Crippen molar-refractivity contribution in [1.82, 2.24) is 9.97 Å². The fourth-order valence-electron chi connectivity index (χ4n) is 1.24. The van der Waals surface area contributed by atoms with Gasteiger partial charge in [0.1, 0.15) is 11.7 Å². The maximum atomic E-state index is 12.4. The van der Waals surface area contributed by atoms with E-state index in [0.29, 0.717) is 5.01 Å². The summed E-state index contributed by atoms with van der Waals surface area (Å²) in [7, 11) is 1.83. The summed E-state index contributed by atoms with van der Waals surface area (Å²) in [6.45, 7) is 1.37. The Morgan fingerprint density at radius 1 is 1.47 bits per heavy atom. The summed E-state index contributed by atoms with van der Waals surface area (Å²) < 4.78 is 12.4. The first-order valence-corrected chi connectivity index (χ1v) is 6.10. The van der Waals surface area contributed by atoms with Crippen LogP contribution >= 0.6 is 22.7 Å². The molecule has 15 heavy (non-hydrogen) atoms. The highest BCUT2D eigenvalue weighted by Gasteiger charge is 2.12. The number of hydrogen-bond donors (Lipinski definition) is 1. The zero-order valence-electron chi connectivity index (χ0n) is 8.37. The number of aryl methyl sites for hydroxylation is 1. The highest BCUT2D eigenvalue weighted by molar-refractivity contribution is 7.16. The second-order valence-corrected chi connectivity index (χ2v) is 4.89. The van der Waals surface area contributed by atoms with Crippen LogP contribution in [-0.2, 0) is 6.67 Å². The lowest BCUT2D eigenvalue weighted by atomic mass is 10.3. The second kappa shape index (κ2) is 4.24. The van der Waals surface area contributed by atoms with E-state index in [1.54, 1.807) is 0 Å². The monoisotopic (exact) mass is 243 g/mol. The lowest BCUT2D eigenvalue weighted by molar-refractivity contribution is 0.483. The van der Waals surface area contributed by atoms with Gasteiger partial charge in [-0.05, 0) is 6.92 Å². The highest BCUT2D eigenvalue weighted by atomic mass is 32.1. The molecule has 0 aliphatic heterocycles. The highest BCUT2D eigenvalue weighted by Crippen LogP contribution is 2.32. The largest absolute Gasteiger partial charge is 0.365 e. The molecule has 6 heteroatoms. The lowest BCUT2D eigenvalue weighted by Crippen LogP contribution is -1.85. The molecular formula is C9H10FN3S2. The van der Waals surface area contributed by atoms with Crippen LogP contribution in [0.25, 0.3) is 10.6 Å². The van der Waals surface area contributed by atoms with E-state index in [4.69, 9.17) is 0 Å². The molecule has 0 saturated carbocycles. The maximum Gasteiger partial charge on any atom is 0.182 e. The number of alkyl halides is 1. The Morgan fingerprint density at radius 2 is 2.27 bits per heavy atom. The molecule has 0 saturated heterocycles. The van der Waals surface area contributed by atoms with Crippen molar-refractivity contribution in [2.75, 3.05) is 12.4 Å². The van der Waals surface area contributed by atoms with E-state index in [2.05, 4.69) is 15.3 Å². The zero-order valence-corrected chi connectivity index (χ0v) is 10.0. The molecule has 1 N–H and O–H groups in total. The minimum absolute atomic E-state index is 0.505. The Balaban J connectivity index is 2.39. The molecule has 0 aromatic carbocycles. The number of aromatic nitrogens is 2. The fourth-order valence-corrected chi connectivity index (χ4v) is 2.85. The van der Waals surface area contributed by atoms with Crippen molar-refractivity contribution in [2.45, 2.75) is 13.6 Å². The van der Waals surface area contributed by atoms with Gasteiger partial charge >= 0.3 is 0 Å². The molecule has 0 amide bonds. The molecule has 0 radical (unpaired) electrons. The van der Waals surface area contributed by atoms with E-state index in [-0.39, 0.29) is 0 Å². The quantitative estimate of drug-likeness (QED) is 0.900. The molecule has 2 aromatic rings. The third kappa shape index (κ3) is 2.00. The van der Waals surface area contributed by atoms with Gasteiger partial charge < -0.3 is 5.32 Å². The van der Waals surface area contributed by atoms with Crippen LogP contribution in [0.4, 0.5) is 9.52 Å². The minimum Gasteiger partial charge on any atom is -0.365 e. The summed E-state index contributed by atoms with van der Waals surface area (Å²) in [5.74, 6) is 0. The Hall–Kier alpha value is -1.01. The number of nitrogens with zero attached hydrogens (tertiary/aromatic N) is 2. The average Bonchev–Trinajstić information content (AvgIpc) is 2.83. The molecular weight excluding hydrogens is 233 g/mol. The lowest BCUT2D eigenvalue weighted by Gasteiger charge is -1.91. The molecule has 0 bridgehead atoms. The van der Waals surface area contributed by atoms with Gasteiger partial charge in [0, 0.05) is 12.4 Å². The van der Waals surface area contributed by atoms with Gasteiger partial charge in [-0.2, -0.15) is 0 Å². The van der Waals surface area contributed by atoms with E-state index in [1.807, 2.05) is 19.4 Å². The average molecular weight is 243 g/mol. The van der Waals surface area contributed by atoms with Crippen LogP contribution < -0.4 is 5.32 Å². The number of thiazole rings is 2. The van der Waals surface area contributed by atoms with Crippen LogP contribution in [0.3, 0.4) is 0 Å². The Bertz CT molecular complexity index is 464. The Labute approximate surface area is 95.0 Å². The van der Waals surface area contributed by atoms with Crippen LogP contribution in [0, 0.1) is 6.92 Å². The number of anilines is 1. The van der Waals surface area contributed by atoms with Gasteiger partial charge in [0.25, 0.3) is 0 Å². The van der Waals surface area contributed by atoms with Crippen LogP contribution in [-0.4, -0.2) is 17.0 Å². The number of nitrogens with one attached hydrogen (secondary N) is 1. The van der Waals surface area contributed by atoms with E-state index >= 15 is 0 Å². The topological polar surface area (TPSA) is 37.8 Å². The summed E-state index contributed by atoms with van der Waals surface area (Å²) >= 11 is 2.90. The van der Waals surface area contributed by atoms with Crippen LogP contribution in [0.1, 0.15) is 10.7 Å². The molecule has 0 spiro atoms. The van der Waals surface area contributed by atoms with Gasteiger partial charge in [-0.25, -0.2) is 14.4 Å². The summed E-state index contributed by atoms with van der Waals surface area (Å²) in [4.78, 5) is 9.45. The minimum atomic E-state index is -0.505. The third-order valence-corrected chi connectivity index (χ3v) is 3.91.